The van der Waals surface area contributed by atoms with E-state index in [9.17, 15) is 0 Å². The molecule has 1 aromatic carbocycles. The maximum Gasteiger partial charge on any atom is 0.147 e. The molecule has 1 N–H and O–H groups in total. The minimum absolute atomic E-state index is 0.868. The summed E-state index contributed by atoms with van der Waals surface area (Å²) in [6, 6.07) is 14.6. The third-order valence-corrected chi connectivity index (χ3v) is 4.00. The minimum Gasteiger partial charge on any atom is -0.340 e. The van der Waals surface area contributed by atoms with Gasteiger partial charge in [0.15, 0.2) is 0 Å². The molecule has 0 saturated carbocycles. The van der Waals surface area contributed by atoms with Gasteiger partial charge in [0.05, 0.1) is 4.88 Å². The van der Waals surface area contributed by atoms with E-state index in [1.54, 1.807) is 11.3 Å². The summed E-state index contributed by atoms with van der Waals surface area (Å²) in [6.07, 6.45) is 1.93. The molecular weight excluding hydrogens is 266 g/mol. The Balaban J connectivity index is 1.63. The molecule has 0 spiro atoms. The quantitative estimate of drug-likeness (QED) is 0.773. The number of H-pyrrole nitrogens is 1. The average Bonchev–Trinajstić information content (AvgIpc) is 3.10. The van der Waals surface area contributed by atoms with Crippen molar-refractivity contribution in [3.05, 3.63) is 65.3 Å². The zero-order valence-electron chi connectivity index (χ0n) is 11.4. The Hall–Kier alpha value is -1.91. The maximum atomic E-state index is 4.45. The Morgan fingerprint density at radius 2 is 1.95 bits per heavy atom. The highest BCUT2D eigenvalue weighted by Crippen LogP contribution is 2.21. The van der Waals surface area contributed by atoms with E-state index in [1.165, 1.54) is 10.4 Å². The van der Waals surface area contributed by atoms with Gasteiger partial charge in [0, 0.05) is 25.0 Å². The van der Waals surface area contributed by atoms with Crippen molar-refractivity contribution in [2.75, 3.05) is 7.05 Å². The monoisotopic (exact) mass is 283 g/mol. The molecule has 20 heavy (non-hydrogen) atoms. The van der Waals surface area contributed by atoms with Gasteiger partial charge in [-0.05, 0) is 24.1 Å². The first-order valence-electron chi connectivity index (χ1n) is 6.61. The fourth-order valence-electron chi connectivity index (χ4n) is 2.22. The molecule has 3 aromatic rings. The molecule has 2 heterocycles. The van der Waals surface area contributed by atoms with Crippen molar-refractivity contribution in [3.63, 3.8) is 0 Å². The Labute approximate surface area is 122 Å². The van der Waals surface area contributed by atoms with E-state index in [0.717, 1.165) is 24.6 Å². The van der Waals surface area contributed by atoms with Gasteiger partial charge in [-0.2, -0.15) is 0 Å². The normalized spacial score (nSPS) is 11.1. The van der Waals surface area contributed by atoms with Gasteiger partial charge < -0.3 is 4.98 Å². The van der Waals surface area contributed by atoms with E-state index in [0.29, 0.717) is 0 Å². The number of imidazole rings is 1. The van der Waals surface area contributed by atoms with Crippen molar-refractivity contribution in [3.8, 4) is 10.7 Å². The van der Waals surface area contributed by atoms with Crippen LogP contribution in [0.3, 0.4) is 0 Å². The van der Waals surface area contributed by atoms with Gasteiger partial charge in [0.1, 0.15) is 5.82 Å². The number of nitrogens with one attached hydrogen (secondary N) is 1. The summed E-state index contributed by atoms with van der Waals surface area (Å²) in [5, 5.41) is 2.07. The topological polar surface area (TPSA) is 31.9 Å². The second-order valence-corrected chi connectivity index (χ2v) is 5.84. The van der Waals surface area contributed by atoms with Crippen LogP contribution in [0.5, 0.6) is 0 Å². The van der Waals surface area contributed by atoms with Crippen LogP contribution in [0.2, 0.25) is 0 Å². The van der Waals surface area contributed by atoms with E-state index in [2.05, 4.69) is 57.6 Å². The van der Waals surface area contributed by atoms with Gasteiger partial charge in [-0.3, -0.25) is 4.90 Å². The van der Waals surface area contributed by atoms with Crippen molar-refractivity contribution in [1.29, 1.82) is 0 Å². The molecule has 0 unspecified atom stereocenters. The van der Waals surface area contributed by atoms with Crippen LogP contribution in [0.4, 0.5) is 0 Å². The fraction of sp³-hybridized carbons (Fsp3) is 0.188. The van der Waals surface area contributed by atoms with Crippen molar-refractivity contribution in [2.24, 2.45) is 0 Å². The third-order valence-electron chi connectivity index (χ3n) is 3.12. The van der Waals surface area contributed by atoms with Gasteiger partial charge in [-0.1, -0.05) is 36.4 Å². The lowest BCUT2D eigenvalue weighted by Crippen LogP contribution is -2.17. The summed E-state index contributed by atoms with van der Waals surface area (Å²) in [5.41, 5.74) is 2.47. The molecule has 0 aliphatic carbocycles. The smallest absolute Gasteiger partial charge is 0.147 e. The van der Waals surface area contributed by atoms with Crippen LogP contribution in [0.15, 0.2) is 54.0 Å². The first-order chi connectivity index (χ1) is 9.81. The summed E-state index contributed by atoms with van der Waals surface area (Å²) in [5.74, 6) is 0.961. The zero-order chi connectivity index (χ0) is 13.8. The SMILES string of the molecule is CN(Cc1ccccc1)Cc1cnc(-c2cccs2)[nH]1. The van der Waals surface area contributed by atoms with Gasteiger partial charge in [0.25, 0.3) is 0 Å². The fourth-order valence-corrected chi connectivity index (χ4v) is 2.90. The Morgan fingerprint density at radius 1 is 1.10 bits per heavy atom. The highest BCUT2D eigenvalue weighted by molar-refractivity contribution is 7.13. The molecule has 3 rings (SSSR count). The van der Waals surface area contributed by atoms with E-state index < -0.39 is 0 Å². The largest absolute Gasteiger partial charge is 0.340 e. The van der Waals surface area contributed by atoms with Crippen LogP contribution in [-0.2, 0) is 13.1 Å². The summed E-state index contributed by atoms with van der Waals surface area (Å²) in [6.45, 7) is 1.81. The molecule has 0 saturated heterocycles. The van der Waals surface area contributed by atoms with E-state index in [1.807, 2.05) is 18.3 Å². The molecule has 102 valence electrons. The summed E-state index contributed by atoms with van der Waals surface area (Å²) >= 11 is 1.70. The number of aromatic nitrogens is 2. The molecule has 3 nitrogen and oxygen atoms in total. The van der Waals surface area contributed by atoms with Crippen molar-refractivity contribution in [2.45, 2.75) is 13.1 Å². The Bertz CT molecular complexity index is 643. The summed E-state index contributed by atoms with van der Waals surface area (Å²) < 4.78 is 0. The van der Waals surface area contributed by atoms with Gasteiger partial charge >= 0.3 is 0 Å². The molecule has 0 aliphatic heterocycles. The van der Waals surface area contributed by atoms with Gasteiger partial charge in [-0.15, -0.1) is 11.3 Å². The Kier molecular flexibility index (Phi) is 3.95. The van der Waals surface area contributed by atoms with Crippen LogP contribution in [-0.4, -0.2) is 21.9 Å². The third kappa shape index (κ3) is 3.15. The predicted molar refractivity (Wildman–Crippen MR) is 83.5 cm³/mol. The van der Waals surface area contributed by atoms with Gasteiger partial charge in [-0.25, -0.2) is 4.98 Å². The second kappa shape index (κ2) is 6.03. The van der Waals surface area contributed by atoms with Crippen LogP contribution in [0.1, 0.15) is 11.3 Å². The molecular formula is C16H17N3S. The van der Waals surface area contributed by atoms with Gasteiger partial charge in [0.2, 0.25) is 0 Å². The number of benzene rings is 1. The lowest BCUT2D eigenvalue weighted by atomic mass is 10.2. The predicted octanol–water partition coefficient (Wildman–Crippen LogP) is 3.77. The molecule has 4 heteroatoms. The first kappa shape index (κ1) is 13.1. The number of nitrogens with zero attached hydrogens (tertiary/aromatic N) is 2. The maximum absolute atomic E-state index is 4.45. The van der Waals surface area contributed by atoms with E-state index in [-0.39, 0.29) is 0 Å². The second-order valence-electron chi connectivity index (χ2n) is 4.89. The molecule has 0 radical (unpaired) electrons. The lowest BCUT2D eigenvalue weighted by molar-refractivity contribution is 0.315. The molecule has 2 aromatic heterocycles. The number of aromatic amines is 1. The van der Waals surface area contributed by atoms with Crippen molar-refractivity contribution in [1.82, 2.24) is 14.9 Å². The highest BCUT2D eigenvalue weighted by Gasteiger charge is 2.07. The average molecular weight is 283 g/mol. The van der Waals surface area contributed by atoms with Crippen LogP contribution in [0.25, 0.3) is 10.7 Å². The number of hydrogen-bond acceptors (Lipinski definition) is 3. The van der Waals surface area contributed by atoms with Crippen molar-refractivity contribution >= 4 is 11.3 Å². The van der Waals surface area contributed by atoms with Crippen LogP contribution >= 0.6 is 11.3 Å². The molecule has 0 bridgehead atoms. The van der Waals surface area contributed by atoms with Crippen molar-refractivity contribution < 1.29 is 0 Å². The van der Waals surface area contributed by atoms with Crippen LogP contribution in [0, 0.1) is 0 Å². The standard InChI is InChI=1S/C16H17N3S/c1-19(11-13-6-3-2-4-7-13)12-14-10-17-16(18-14)15-8-5-9-20-15/h2-10H,11-12H2,1H3,(H,17,18). The zero-order valence-corrected chi connectivity index (χ0v) is 12.2. The summed E-state index contributed by atoms with van der Waals surface area (Å²) in [7, 11) is 2.12. The number of rotatable bonds is 5. The lowest BCUT2D eigenvalue weighted by Gasteiger charge is -2.15. The highest BCUT2D eigenvalue weighted by atomic mass is 32.1. The molecule has 0 amide bonds. The first-order valence-corrected chi connectivity index (χ1v) is 7.49. The number of hydrogen-bond donors (Lipinski definition) is 1. The van der Waals surface area contributed by atoms with E-state index >= 15 is 0 Å². The van der Waals surface area contributed by atoms with Crippen LogP contribution < -0.4 is 0 Å². The minimum atomic E-state index is 0.868. The van der Waals surface area contributed by atoms with E-state index in [4.69, 9.17) is 0 Å². The molecule has 0 atom stereocenters. The summed E-state index contributed by atoms with van der Waals surface area (Å²) in [4.78, 5) is 11.3. The molecule has 0 aliphatic rings. The number of thiophene rings is 1. The molecule has 0 fully saturated rings. The Morgan fingerprint density at radius 3 is 2.70 bits per heavy atom.